The molecule has 28 heavy (non-hydrogen) atoms. The summed E-state index contributed by atoms with van der Waals surface area (Å²) in [4.78, 5) is 26.9. The highest BCUT2D eigenvalue weighted by Crippen LogP contribution is 2.25. The molecule has 0 radical (unpaired) electrons. The van der Waals surface area contributed by atoms with E-state index >= 15 is 0 Å². The Morgan fingerprint density at radius 1 is 1.36 bits per heavy atom. The Hall–Kier alpha value is -2.13. The highest BCUT2D eigenvalue weighted by atomic mass is 32.2. The molecule has 1 aromatic rings. The highest BCUT2D eigenvalue weighted by molar-refractivity contribution is 7.89. The third-order valence-electron chi connectivity index (χ3n) is 5.06. The topological polar surface area (TPSA) is 96.0 Å². The Labute approximate surface area is 165 Å². The second-order valence-electron chi connectivity index (χ2n) is 7.34. The lowest BCUT2D eigenvalue weighted by atomic mass is 10.1. The van der Waals surface area contributed by atoms with Crippen LogP contribution in [0.2, 0.25) is 0 Å². The first-order valence-electron chi connectivity index (χ1n) is 9.57. The number of hydrogen-bond donors (Lipinski definition) is 1. The van der Waals surface area contributed by atoms with Gasteiger partial charge in [0.15, 0.2) is 6.61 Å². The maximum Gasteiger partial charge on any atom is 0.258 e. The molecule has 3 rings (SSSR count). The predicted molar refractivity (Wildman–Crippen MR) is 104 cm³/mol. The number of aryl methyl sites for hydroxylation is 1. The highest BCUT2D eigenvalue weighted by Gasteiger charge is 2.44. The number of fused-ring (bicyclic) bond motifs is 1. The summed E-state index contributed by atoms with van der Waals surface area (Å²) < 4.78 is 31.2. The van der Waals surface area contributed by atoms with Gasteiger partial charge in [-0.1, -0.05) is 19.1 Å². The minimum Gasteiger partial charge on any atom is -0.484 e. The largest absolute Gasteiger partial charge is 0.484 e. The summed E-state index contributed by atoms with van der Waals surface area (Å²) in [6.07, 6.45) is 0.985. The zero-order valence-electron chi connectivity index (χ0n) is 16.3. The summed E-state index contributed by atoms with van der Waals surface area (Å²) >= 11 is 0. The Bertz CT molecular complexity index is 842. The Morgan fingerprint density at radius 2 is 2.14 bits per heavy atom. The smallest absolute Gasteiger partial charge is 0.258 e. The Balaban J connectivity index is 1.57. The first-order valence-corrected chi connectivity index (χ1v) is 11.2. The number of rotatable bonds is 6. The second-order valence-corrected chi connectivity index (χ2v) is 9.36. The predicted octanol–water partition coefficient (Wildman–Crippen LogP) is 0.515. The average molecular weight is 410 g/mol. The number of carbonyl (C=O) groups is 2. The number of sulfonamides is 1. The SMILES string of the molecule is CCCN1C(=O)[C@@H]2C[C@H](NC(=O)COc3cccc(C)c3)CN2CCS1(=O)=O. The molecule has 2 atom stereocenters. The first-order chi connectivity index (χ1) is 13.3. The fraction of sp³-hybridized carbons (Fsp3) is 0.579. The molecule has 8 nitrogen and oxygen atoms in total. The van der Waals surface area contributed by atoms with Crippen LogP contribution in [0.5, 0.6) is 5.75 Å². The number of nitrogens with one attached hydrogen (secondary N) is 1. The lowest BCUT2D eigenvalue weighted by Crippen LogP contribution is -2.44. The fourth-order valence-electron chi connectivity index (χ4n) is 3.73. The molecule has 2 aliphatic heterocycles. The summed E-state index contributed by atoms with van der Waals surface area (Å²) in [5.41, 5.74) is 1.05. The maximum atomic E-state index is 12.8. The van der Waals surface area contributed by atoms with Crippen molar-refractivity contribution in [2.75, 3.05) is 32.0 Å². The van der Waals surface area contributed by atoms with Gasteiger partial charge in [-0.15, -0.1) is 0 Å². The summed E-state index contributed by atoms with van der Waals surface area (Å²) in [5, 5.41) is 2.90. The van der Waals surface area contributed by atoms with Crippen LogP contribution in [-0.2, 0) is 19.6 Å². The molecule has 1 N–H and O–H groups in total. The van der Waals surface area contributed by atoms with Gasteiger partial charge in [0.05, 0.1) is 11.8 Å². The molecule has 154 valence electrons. The Kier molecular flexibility index (Phi) is 6.24. The molecule has 1 aromatic carbocycles. The molecular formula is C19H27N3O5S. The van der Waals surface area contributed by atoms with Crippen LogP contribution >= 0.6 is 0 Å². The van der Waals surface area contributed by atoms with Crippen LogP contribution in [0.15, 0.2) is 24.3 Å². The molecule has 0 unspecified atom stereocenters. The number of ether oxygens (including phenoxy) is 1. The van der Waals surface area contributed by atoms with Gasteiger partial charge in [-0.25, -0.2) is 12.7 Å². The lowest BCUT2D eigenvalue weighted by molar-refractivity contribution is -0.130. The quantitative estimate of drug-likeness (QED) is 0.736. The number of benzene rings is 1. The van der Waals surface area contributed by atoms with Crippen molar-refractivity contribution in [3.05, 3.63) is 29.8 Å². The van der Waals surface area contributed by atoms with E-state index in [9.17, 15) is 18.0 Å². The van der Waals surface area contributed by atoms with Gasteiger partial charge in [-0.2, -0.15) is 0 Å². The van der Waals surface area contributed by atoms with E-state index in [1.807, 2.05) is 36.9 Å². The van der Waals surface area contributed by atoms with Gasteiger partial charge in [0.25, 0.3) is 11.8 Å². The molecule has 0 bridgehead atoms. The van der Waals surface area contributed by atoms with Crippen molar-refractivity contribution in [3.63, 3.8) is 0 Å². The molecule has 2 aliphatic rings. The van der Waals surface area contributed by atoms with E-state index in [-0.39, 0.29) is 36.8 Å². The van der Waals surface area contributed by atoms with Gasteiger partial charge in [0.2, 0.25) is 10.0 Å². The molecule has 0 spiro atoms. The summed E-state index contributed by atoms with van der Waals surface area (Å²) in [6, 6.07) is 6.75. The van der Waals surface area contributed by atoms with Gasteiger partial charge in [0, 0.05) is 25.7 Å². The summed E-state index contributed by atoms with van der Waals surface area (Å²) in [6.45, 7) is 4.65. The standard InChI is InChI=1S/C19H27N3O5S/c1-3-7-22-19(24)17-11-15(12-21(17)8-9-28(22,25)26)20-18(23)13-27-16-6-4-5-14(2)10-16/h4-6,10,15,17H,3,7-9,11-13H2,1-2H3,(H,20,23)/t15-,17-/m0/s1. The summed E-state index contributed by atoms with van der Waals surface area (Å²) in [7, 11) is -3.56. The molecule has 2 fully saturated rings. The second kappa shape index (κ2) is 8.48. The van der Waals surface area contributed by atoms with Gasteiger partial charge >= 0.3 is 0 Å². The Morgan fingerprint density at radius 3 is 2.86 bits per heavy atom. The van der Waals surface area contributed by atoms with E-state index in [2.05, 4.69) is 5.32 Å². The van der Waals surface area contributed by atoms with Gasteiger partial charge in [0.1, 0.15) is 5.75 Å². The van der Waals surface area contributed by atoms with E-state index in [1.54, 1.807) is 6.07 Å². The van der Waals surface area contributed by atoms with Crippen LogP contribution in [0.25, 0.3) is 0 Å². The third-order valence-corrected chi connectivity index (χ3v) is 6.79. The van der Waals surface area contributed by atoms with Crippen LogP contribution in [0.3, 0.4) is 0 Å². The van der Waals surface area contributed by atoms with Crippen molar-refractivity contribution in [2.24, 2.45) is 0 Å². The third kappa shape index (κ3) is 4.64. The first kappa shape index (κ1) is 20.6. The van der Waals surface area contributed by atoms with Crippen molar-refractivity contribution in [1.82, 2.24) is 14.5 Å². The van der Waals surface area contributed by atoms with Gasteiger partial charge in [-0.05, 0) is 37.5 Å². The zero-order chi connectivity index (χ0) is 20.3. The minimum absolute atomic E-state index is 0.0770. The van der Waals surface area contributed by atoms with E-state index < -0.39 is 16.1 Å². The molecule has 0 aliphatic carbocycles. The van der Waals surface area contributed by atoms with Gasteiger partial charge < -0.3 is 10.1 Å². The molecule has 2 amide bonds. The molecule has 0 aromatic heterocycles. The van der Waals surface area contributed by atoms with Gasteiger partial charge in [-0.3, -0.25) is 14.5 Å². The molecule has 9 heteroatoms. The van der Waals surface area contributed by atoms with Crippen LogP contribution < -0.4 is 10.1 Å². The number of amides is 2. The maximum absolute atomic E-state index is 12.8. The zero-order valence-corrected chi connectivity index (χ0v) is 17.1. The average Bonchev–Trinajstić information content (AvgIpc) is 3.01. The van der Waals surface area contributed by atoms with E-state index in [0.717, 1.165) is 9.87 Å². The molecule has 2 saturated heterocycles. The lowest BCUT2D eigenvalue weighted by Gasteiger charge is -2.23. The number of hydrogen-bond acceptors (Lipinski definition) is 6. The van der Waals surface area contributed by atoms with Crippen molar-refractivity contribution < 1.29 is 22.7 Å². The normalized spacial score (nSPS) is 24.5. The van der Waals surface area contributed by atoms with Crippen molar-refractivity contribution >= 4 is 21.8 Å². The minimum atomic E-state index is -3.56. The van der Waals surface area contributed by atoms with Crippen LogP contribution in [0.4, 0.5) is 0 Å². The van der Waals surface area contributed by atoms with Crippen molar-refractivity contribution in [2.45, 2.75) is 38.8 Å². The monoisotopic (exact) mass is 409 g/mol. The number of nitrogens with zero attached hydrogens (tertiary/aromatic N) is 2. The fourth-order valence-corrected chi connectivity index (χ4v) is 5.28. The van der Waals surface area contributed by atoms with E-state index in [4.69, 9.17) is 4.74 Å². The molecular weight excluding hydrogens is 382 g/mol. The number of carbonyl (C=O) groups excluding carboxylic acids is 2. The van der Waals surface area contributed by atoms with E-state index in [0.29, 0.717) is 31.7 Å². The van der Waals surface area contributed by atoms with E-state index in [1.165, 1.54) is 0 Å². The molecule has 2 heterocycles. The van der Waals surface area contributed by atoms with Crippen molar-refractivity contribution in [1.29, 1.82) is 0 Å². The van der Waals surface area contributed by atoms with Crippen LogP contribution in [0, 0.1) is 6.92 Å². The van der Waals surface area contributed by atoms with Crippen LogP contribution in [-0.4, -0.2) is 73.5 Å². The van der Waals surface area contributed by atoms with Crippen molar-refractivity contribution in [3.8, 4) is 5.75 Å². The summed E-state index contributed by atoms with van der Waals surface area (Å²) in [5.74, 6) is -0.0836. The van der Waals surface area contributed by atoms with Crippen LogP contribution in [0.1, 0.15) is 25.3 Å². The molecule has 0 saturated carbocycles.